The molecular weight excluding hydrogens is 340 g/mol. The highest BCUT2D eigenvalue weighted by atomic mass is 16.5. The molecule has 27 heavy (non-hydrogen) atoms. The van der Waals surface area contributed by atoms with Crippen molar-refractivity contribution in [2.24, 2.45) is 0 Å². The zero-order chi connectivity index (χ0) is 19.6. The Morgan fingerprint density at radius 2 is 2.00 bits per heavy atom. The fourth-order valence-electron chi connectivity index (χ4n) is 2.45. The summed E-state index contributed by atoms with van der Waals surface area (Å²) in [4.78, 5) is 12.3. The molecule has 0 heterocycles. The second-order valence-corrected chi connectivity index (χ2v) is 6.24. The van der Waals surface area contributed by atoms with Crippen LogP contribution in [0.3, 0.4) is 0 Å². The van der Waals surface area contributed by atoms with Crippen LogP contribution in [0.5, 0.6) is 11.5 Å². The molecule has 0 spiro atoms. The lowest BCUT2D eigenvalue weighted by Crippen LogP contribution is -2.25. The highest BCUT2D eigenvalue weighted by molar-refractivity contribution is 5.94. The van der Waals surface area contributed by atoms with Gasteiger partial charge in [0.05, 0.1) is 11.7 Å². The van der Waals surface area contributed by atoms with Crippen LogP contribution in [0.2, 0.25) is 0 Å². The lowest BCUT2D eigenvalue weighted by molar-refractivity contribution is 0.0954. The van der Waals surface area contributed by atoms with Gasteiger partial charge in [-0.1, -0.05) is 24.8 Å². The molecule has 2 rings (SSSR count). The van der Waals surface area contributed by atoms with Crippen LogP contribution in [-0.4, -0.2) is 25.2 Å². The van der Waals surface area contributed by atoms with E-state index in [1.165, 1.54) is 0 Å². The topological polar surface area (TPSA) is 71.3 Å². The minimum Gasteiger partial charge on any atom is -0.490 e. The average molecular weight is 364 g/mol. The summed E-state index contributed by atoms with van der Waals surface area (Å²) in [5.74, 6) is 1.06. The van der Waals surface area contributed by atoms with E-state index in [0.29, 0.717) is 36.4 Å². The fourth-order valence-corrected chi connectivity index (χ4v) is 2.45. The first-order valence-electron chi connectivity index (χ1n) is 8.85. The Balaban J connectivity index is 1.90. The molecule has 0 saturated heterocycles. The minimum absolute atomic E-state index is 0.0367. The van der Waals surface area contributed by atoms with Crippen molar-refractivity contribution in [1.82, 2.24) is 5.32 Å². The van der Waals surface area contributed by atoms with E-state index < -0.39 is 0 Å². The van der Waals surface area contributed by atoms with Crippen molar-refractivity contribution in [2.45, 2.75) is 26.4 Å². The molecule has 1 N–H and O–H groups in total. The number of benzene rings is 2. The third-order valence-corrected chi connectivity index (χ3v) is 3.72. The number of amides is 1. The minimum atomic E-state index is -0.214. The summed E-state index contributed by atoms with van der Waals surface area (Å²) in [5.41, 5.74) is 1.89. The number of rotatable bonds is 9. The van der Waals surface area contributed by atoms with Crippen molar-refractivity contribution in [1.29, 1.82) is 5.26 Å². The standard InChI is InChI=1S/C22H24N2O3/c1-4-13-26-20-8-5-17(6-9-20)11-12-24-22(25)18-7-10-21(27-16(2)3)19(14-18)15-23/h4-10,14,16H,1,11-13H2,2-3H3,(H,24,25). The number of ether oxygens (including phenoxy) is 2. The van der Waals surface area contributed by atoms with Gasteiger partial charge in [-0.15, -0.1) is 0 Å². The van der Waals surface area contributed by atoms with Gasteiger partial charge in [0.25, 0.3) is 5.91 Å². The molecule has 2 aromatic carbocycles. The van der Waals surface area contributed by atoms with Crippen LogP contribution in [0.4, 0.5) is 0 Å². The normalized spacial score (nSPS) is 10.1. The van der Waals surface area contributed by atoms with Gasteiger partial charge >= 0.3 is 0 Å². The van der Waals surface area contributed by atoms with E-state index in [1.807, 2.05) is 38.1 Å². The molecule has 5 heteroatoms. The lowest BCUT2D eigenvalue weighted by Gasteiger charge is -2.12. The van der Waals surface area contributed by atoms with Gasteiger partial charge in [0, 0.05) is 12.1 Å². The number of carbonyl (C=O) groups is 1. The number of hydrogen-bond donors (Lipinski definition) is 1. The van der Waals surface area contributed by atoms with Gasteiger partial charge in [0.1, 0.15) is 24.2 Å². The van der Waals surface area contributed by atoms with E-state index in [2.05, 4.69) is 18.0 Å². The molecule has 0 bridgehead atoms. The van der Waals surface area contributed by atoms with Gasteiger partial charge in [-0.2, -0.15) is 5.26 Å². The summed E-state index contributed by atoms with van der Waals surface area (Å²) in [6.07, 6.45) is 2.36. The van der Waals surface area contributed by atoms with Crippen LogP contribution in [0, 0.1) is 11.3 Å². The molecule has 0 aliphatic rings. The van der Waals surface area contributed by atoms with Crippen LogP contribution in [0.1, 0.15) is 35.3 Å². The molecule has 0 saturated carbocycles. The van der Waals surface area contributed by atoms with E-state index in [1.54, 1.807) is 24.3 Å². The molecule has 0 aliphatic carbocycles. The maximum atomic E-state index is 12.3. The third kappa shape index (κ3) is 6.19. The van der Waals surface area contributed by atoms with Crippen molar-refractivity contribution in [3.05, 3.63) is 71.8 Å². The van der Waals surface area contributed by atoms with Crippen molar-refractivity contribution in [3.63, 3.8) is 0 Å². The van der Waals surface area contributed by atoms with Gasteiger partial charge in [-0.25, -0.2) is 0 Å². The SMILES string of the molecule is C=CCOc1ccc(CCNC(=O)c2ccc(OC(C)C)c(C#N)c2)cc1. The van der Waals surface area contributed by atoms with Gasteiger partial charge in [0.15, 0.2) is 0 Å². The van der Waals surface area contributed by atoms with Crippen LogP contribution in [0.25, 0.3) is 0 Å². The number of carbonyl (C=O) groups excluding carboxylic acids is 1. The second-order valence-electron chi connectivity index (χ2n) is 6.24. The number of nitriles is 1. The monoisotopic (exact) mass is 364 g/mol. The Morgan fingerprint density at radius 1 is 1.26 bits per heavy atom. The first kappa shape index (κ1) is 20.1. The molecule has 0 unspecified atom stereocenters. The molecule has 0 radical (unpaired) electrons. The smallest absolute Gasteiger partial charge is 0.251 e. The first-order valence-corrected chi connectivity index (χ1v) is 8.85. The summed E-state index contributed by atoms with van der Waals surface area (Å²) >= 11 is 0. The summed E-state index contributed by atoms with van der Waals surface area (Å²) in [6, 6.07) is 14.7. The first-order chi connectivity index (χ1) is 13.0. The van der Waals surface area contributed by atoms with Crippen LogP contribution < -0.4 is 14.8 Å². The van der Waals surface area contributed by atoms with E-state index in [4.69, 9.17) is 9.47 Å². The predicted molar refractivity (Wildman–Crippen MR) is 105 cm³/mol. The fraction of sp³-hybridized carbons (Fsp3) is 0.273. The Morgan fingerprint density at radius 3 is 2.63 bits per heavy atom. The molecule has 0 atom stereocenters. The zero-order valence-corrected chi connectivity index (χ0v) is 15.7. The zero-order valence-electron chi connectivity index (χ0n) is 15.7. The second kappa shape index (κ2) is 10.0. The maximum Gasteiger partial charge on any atom is 0.251 e. The van der Waals surface area contributed by atoms with Crippen molar-refractivity contribution in [2.75, 3.05) is 13.2 Å². The third-order valence-electron chi connectivity index (χ3n) is 3.72. The highest BCUT2D eigenvalue weighted by Crippen LogP contribution is 2.20. The van der Waals surface area contributed by atoms with Crippen molar-refractivity contribution in [3.8, 4) is 17.6 Å². The summed E-state index contributed by atoms with van der Waals surface area (Å²) in [7, 11) is 0. The molecule has 2 aromatic rings. The van der Waals surface area contributed by atoms with Crippen LogP contribution in [-0.2, 0) is 6.42 Å². The Kier molecular flexibility index (Phi) is 7.45. The van der Waals surface area contributed by atoms with Gasteiger partial charge in [0.2, 0.25) is 0 Å². The van der Waals surface area contributed by atoms with Crippen molar-refractivity contribution >= 4 is 5.91 Å². The molecule has 0 aromatic heterocycles. The Hall–Kier alpha value is -3.26. The van der Waals surface area contributed by atoms with Gasteiger partial charge in [-0.3, -0.25) is 4.79 Å². The molecule has 140 valence electrons. The summed E-state index contributed by atoms with van der Waals surface area (Å²) < 4.78 is 11.0. The maximum absolute atomic E-state index is 12.3. The number of hydrogen-bond acceptors (Lipinski definition) is 4. The molecule has 1 amide bonds. The van der Waals surface area contributed by atoms with E-state index in [9.17, 15) is 10.1 Å². The van der Waals surface area contributed by atoms with Crippen LogP contribution in [0.15, 0.2) is 55.1 Å². The molecule has 5 nitrogen and oxygen atoms in total. The molecule has 0 fully saturated rings. The largest absolute Gasteiger partial charge is 0.490 e. The average Bonchev–Trinajstić information content (AvgIpc) is 2.67. The Bertz CT molecular complexity index is 820. The van der Waals surface area contributed by atoms with Crippen LogP contribution >= 0.6 is 0 Å². The Labute approximate surface area is 160 Å². The quantitative estimate of drug-likeness (QED) is 0.686. The van der Waals surface area contributed by atoms with E-state index in [0.717, 1.165) is 11.3 Å². The lowest BCUT2D eigenvalue weighted by atomic mass is 10.1. The summed E-state index contributed by atoms with van der Waals surface area (Å²) in [6.45, 7) is 8.36. The predicted octanol–water partition coefficient (Wildman–Crippen LogP) is 3.88. The molecule has 0 aliphatic heterocycles. The van der Waals surface area contributed by atoms with E-state index >= 15 is 0 Å². The van der Waals surface area contributed by atoms with Crippen molar-refractivity contribution < 1.29 is 14.3 Å². The number of nitrogens with zero attached hydrogens (tertiary/aromatic N) is 1. The van der Waals surface area contributed by atoms with Gasteiger partial charge in [-0.05, 0) is 56.2 Å². The van der Waals surface area contributed by atoms with E-state index in [-0.39, 0.29) is 12.0 Å². The number of nitrogens with one attached hydrogen (secondary N) is 1. The van der Waals surface area contributed by atoms with Gasteiger partial charge < -0.3 is 14.8 Å². The summed E-state index contributed by atoms with van der Waals surface area (Å²) in [5, 5.41) is 12.1. The molecular formula is C22H24N2O3. The highest BCUT2D eigenvalue weighted by Gasteiger charge is 2.11.